The first kappa shape index (κ1) is 11.6. The van der Waals surface area contributed by atoms with Crippen molar-refractivity contribution in [2.75, 3.05) is 6.61 Å². The Morgan fingerprint density at radius 3 is 2.59 bits per heavy atom. The molecule has 5 heteroatoms. The van der Waals surface area contributed by atoms with Crippen molar-refractivity contribution in [1.29, 1.82) is 0 Å². The molecule has 0 spiro atoms. The zero-order valence-electron chi connectivity index (χ0n) is 9.34. The second kappa shape index (κ2) is 4.16. The van der Waals surface area contributed by atoms with Crippen LogP contribution in [-0.2, 0) is 4.74 Å². The van der Waals surface area contributed by atoms with Crippen molar-refractivity contribution < 1.29 is 22.7 Å². The predicted octanol–water partition coefficient (Wildman–Crippen LogP) is 3.20. The number of ether oxygens (including phenoxy) is 1. The molecule has 0 N–H and O–H groups in total. The monoisotopic (exact) mass is 240 g/mol. The lowest BCUT2D eigenvalue weighted by Crippen LogP contribution is -2.04. The summed E-state index contributed by atoms with van der Waals surface area (Å²) in [5.41, 5.74) is -0.0130. The van der Waals surface area contributed by atoms with Gasteiger partial charge in [0.05, 0.1) is 12.0 Å². The van der Waals surface area contributed by atoms with Gasteiger partial charge in [-0.25, -0.2) is 13.6 Å². The van der Waals surface area contributed by atoms with E-state index in [-0.39, 0.29) is 28.9 Å². The van der Waals surface area contributed by atoms with Crippen molar-refractivity contribution in [3.05, 3.63) is 35.1 Å². The van der Waals surface area contributed by atoms with Crippen LogP contribution in [0.3, 0.4) is 0 Å². The van der Waals surface area contributed by atoms with Crippen LogP contribution in [0.5, 0.6) is 0 Å². The van der Waals surface area contributed by atoms with Crippen molar-refractivity contribution >= 4 is 16.9 Å². The highest BCUT2D eigenvalue weighted by Crippen LogP contribution is 2.30. The fourth-order valence-electron chi connectivity index (χ4n) is 1.67. The minimum absolute atomic E-state index is 0.0203. The van der Waals surface area contributed by atoms with Gasteiger partial charge in [-0.3, -0.25) is 0 Å². The third-order valence-electron chi connectivity index (χ3n) is 2.44. The van der Waals surface area contributed by atoms with E-state index in [9.17, 15) is 13.6 Å². The molecule has 17 heavy (non-hydrogen) atoms. The Morgan fingerprint density at radius 2 is 2.00 bits per heavy atom. The molecule has 0 aliphatic rings. The summed E-state index contributed by atoms with van der Waals surface area (Å²) in [4.78, 5) is 11.5. The van der Waals surface area contributed by atoms with Gasteiger partial charge in [-0.2, -0.15) is 0 Å². The molecule has 0 amide bonds. The maximum Gasteiger partial charge on any atom is 0.374 e. The normalized spacial score (nSPS) is 10.8. The van der Waals surface area contributed by atoms with Gasteiger partial charge >= 0.3 is 5.97 Å². The number of benzene rings is 1. The van der Waals surface area contributed by atoms with E-state index < -0.39 is 17.6 Å². The number of rotatable bonds is 2. The Hall–Kier alpha value is -1.91. The van der Waals surface area contributed by atoms with Gasteiger partial charge in [0.2, 0.25) is 5.76 Å². The van der Waals surface area contributed by atoms with Gasteiger partial charge < -0.3 is 9.15 Å². The molecule has 3 nitrogen and oxygen atoms in total. The number of hydrogen-bond donors (Lipinski definition) is 0. The maximum atomic E-state index is 13.5. The second-order valence-corrected chi connectivity index (χ2v) is 3.51. The highest BCUT2D eigenvalue weighted by atomic mass is 19.1. The van der Waals surface area contributed by atoms with E-state index in [1.807, 2.05) is 0 Å². The lowest BCUT2D eigenvalue weighted by molar-refractivity contribution is 0.0491. The van der Waals surface area contributed by atoms with Crippen molar-refractivity contribution in [2.45, 2.75) is 13.8 Å². The lowest BCUT2D eigenvalue weighted by Gasteiger charge is -1.97. The summed E-state index contributed by atoms with van der Waals surface area (Å²) in [5, 5.41) is -0.0203. The molecule has 1 heterocycles. The first-order valence-corrected chi connectivity index (χ1v) is 5.10. The topological polar surface area (TPSA) is 39.4 Å². The number of halogens is 2. The summed E-state index contributed by atoms with van der Waals surface area (Å²) < 4.78 is 36.7. The third kappa shape index (κ3) is 1.77. The summed E-state index contributed by atoms with van der Waals surface area (Å²) in [5.74, 6) is -2.22. The summed E-state index contributed by atoms with van der Waals surface area (Å²) in [6, 6.07) is 1.95. The van der Waals surface area contributed by atoms with E-state index >= 15 is 0 Å². The summed E-state index contributed by atoms with van der Waals surface area (Å²) >= 11 is 0. The van der Waals surface area contributed by atoms with Gasteiger partial charge in [0.1, 0.15) is 5.82 Å². The van der Waals surface area contributed by atoms with E-state index in [0.29, 0.717) is 0 Å². The van der Waals surface area contributed by atoms with Crippen LogP contribution < -0.4 is 0 Å². The fourth-order valence-corrected chi connectivity index (χ4v) is 1.67. The number of carbonyl (C=O) groups excluding carboxylic acids is 1. The molecule has 1 aromatic carbocycles. The summed E-state index contributed by atoms with van der Waals surface area (Å²) in [6.45, 7) is 3.29. The zero-order valence-corrected chi connectivity index (χ0v) is 9.34. The van der Waals surface area contributed by atoms with Crippen molar-refractivity contribution in [2.24, 2.45) is 0 Å². The molecule has 2 rings (SSSR count). The van der Waals surface area contributed by atoms with Crippen LogP contribution in [0.4, 0.5) is 8.78 Å². The Kier molecular flexibility index (Phi) is 2.83. The van der Waals surface area contributed by atoms with Crippen LogP contribution in [-0.4, -0.2) is 12.6 Å². The maximum absolute atomic E-state index is 13.5. The Labute approximate surface area is 96.0 Å². The molecular formula is C12H10F2O3. The van der Waals surface area contributed by atoms with Gasteiger partial charge in [0.25, 0.3) is 0 Å². The van der Waals surface area contributed by atoms with E-state index in [2.05, 4.69) is 0 Å². The van der Waals surface area contributed by atoms with Crippen LogP contribution in [0.2, 0.25) is 0 Å². The Balaban J connectivity index is 2.68. The number of fused-ring (bicyclic) bond motifs is 1. The first-order valence-electron chi connectivity index (χ1n) is 5.10. The van der Waals surface area contributed by atoms with Crippen molar-refractivity contribution in [3.8, 4) is 0 Å². The van der Waals surface area contributed by atoms with Gasteiger partial charge in [0, 0.05) is 5.56 Å². The van der Waals surface area contributed by atoms with Gasteiger partial charge in [0.15, 0.2) is 11.4 Å². The van der Waals surface area contributed by atoms with Crippen LogP contribution in [0.25, 0.3) is 11.0 Å². The zero-order chi connectivity index (χ0) is 12.6. The summed E-state index contributed by atoms with van der Waals surface area (Å²) in [6.07, 6.45) is 0. The number of hydrogen-bond acceptors (Lipinski definition) is 3. The lowest BCUT2D eigenvalue weighted by atomic mass is 10.1. The molecule has 0 bridgehead atoms. The van der Waals surface area contributed by atoms with Crippen LogP contribution in [0.15, 0.2) is 16.5 Å². The minimum atomic E-state index is -0.722. The number of carbonyl (C=O) groups is 1. The molecule has 0 saturated carbocycles. The van der Waals surface area contributed by atoms with E-state index in [4.69, 9.17) is 9.15 Å². The van der Waals surface area contributed by atoms with E-state index in [0.717, 1.165) is 12.1 Å². The minimum Gasteiger partial charge on any atom is -0.460 e. The molecule has 0 atom stereocenters. The molecule has 0 unspecified atom stereocenters. The number of aryl methyl sites for hydroxylation is 1. The fraction of sp³-hybridized carbons (Fsp3) is 0.250. The number of esters is 1. The highest BCUT2D eigenvalue weighted by molar-refractivity contribution is 5.96. The molecule has 2 aromatic rings. The molecule has 0 aliphatic heterocycles. The Morgan fingerprint density at radius 1 is 1.35 bits per heavy atom. The van der Waals surface area contributed by atoms with E-state index in [1.165, 1.54) is 6.92 Å². The smallest absolute Gasteiger partial charge is 0.374 e. The van der Waals surface area contributed by atoms with Crippen LogP contribution >= 0.6 is 0 Å². The molecule has 0 aliphatic carbocycles. The Bertz CT molecular complexity index is 587. The molecular weight excluding hydrogens is 230 g/mol. The second-order valence-electron chi connectivity index (χ2n) is 3.51. The quantitative estimate of drug-likeness (QED) is 0.757. The van der Waals surface area contributed by atoms with Crippen molar-refractivity contribution in [1.82, 2.24) is 0 Å². The number of furan rings is 1. The van der Waals surface area contributed by atoms with Crippen LogP contribution in [0.1, 0.15) is 23.0 Å². The van der Waals surface area contributed by atoms with Crippen molar-refractivity contribution in [3.63, 3.8) is 0 Å². The molecule has 90 valence electrons. The first-order chi connectivity index (χ1) is 8.06. The van der Waals surface area contributed by atoms with Gasteiger partial charge in [-0.05, 0) is 26.0 Å². The molecule has 0 radical (unpaired) electrons. The van der Waals surface area contributed by atoms with Crippen LogP contribution in [0, 0.1) is 18.6 Å². The van der Waals surface area contributed by atoms with Gasteiger partial charge in [-0.1, -0.05) is 0 Å². The SMILES string of the molecule is CCOC(=O)c1oc2c(F)ccc(F)c2c1C. The predicted molar refractivity (Wildman–Crippen MR) is 56.8 cm³/mol. The van der Waals surface area contributed by atoms with Gasteiger partial charge in [-0.15, -0.1) is 0 Å². The average molecular weight is 240 g/mol. The largest absolute Gasteiger partial charge is 0.460 e. The molecule has 0 fully saturated rings. The standard InChI is InChI=1S/C12H10F2O3/c1-3-16-12(15)10-6(2)9-7(13)4-5-8(14)11(9)17-10/h4-5H,3H2,1-2H3. The van der Waals surface area contributed by atoms with E-state index in [1.54, 1.807) is 6.92 Å². The molecule has 1 aromatic heterocycles. The third-order valence-corrected chi connectivity index (χ3v) is 2.44. The highest BCUT2D eigenvalue weighted by Gasteiger charge is 2.22. The summed E-state index contributed by atoms with van der Waals surface area (Å²) in [7, 11) is 0. The average Bonchev–Trinajstić information content (AvgIpc) is 2.63. The molecule has 0 saturated heterocycles.